The van der Waals surface area contributed by atoms with Crippen LogP contribution in [0.1, 0.15) is 32.3 Å². The fraction of sp³-hybridized carbons (Fsp3) is 0.368. The van der Waals surface area contributed by atoms with Gasteiger partial charge in [-0.1, -0.05) is 36.4 Å². The molecule has 7 heteroatoms. The molecular formula is C19H19F3O4. The first kappa shape index (κ1) is 19.8. The minimum atomic E-state index is -4.92. The molecule has 2 unspecified atom stereocenters. The van der Waals surface area contributed by atoms with E-state index in [4.69, 9.17) is 9.47 Å². The Kier molecular flexibility index (Phi) is 5.30. The first-order valence-corrected chi connectivity index (χ1v) is 7.96. The maximum absolute atomic E-state index is 13.4. The van der Waals surface area contributed by atoms with Crippen LogP contribution >= 0.6 is 0 Å². The van der Waals surface area contributed by atoms with Crippen LogP contribution in [0.25, 0.3) is 0 Å². The molecule has 0 heterocycles. The molecule has 2 atom stereocenters. The minimum Gasteiger partial charge on any atom is -0.490 e. The van der Waals surface area contributed by atoms with Crippen molar-refractivity contribution in [2.45, 2.75) is 44.6 Å². The molecule has 0 saturated heterocycles. The summed E-state index contributed by atoms with van der Waals surface area (Å²) >= 11 is 0. The summed E-state index contributed by atoms with van der Waals surface area (Å²) < 4.78 is 50.7. The number of carbonyl (C=O) groups excluding carboxylic acids is 2. The van der Waals surface area contributed by atoms with Crippen molar-refractivity contribution in [2.75, 3.05) is 0 Å². The highest BCUT2D eigenvalue weighted by molar-refractivity contribution is 6.14. The molecule has 0 bridgehead atoms. The Bertz CT molecular complexity index is 750. The van der Waals surface area contributed by atoms with E-state index in [1.54, 1.807) is 30.3 Å². The largest absolute Gasteiger partial charge is 0.490 e. The van der Waals surface area contributed by atoms with Crippen LogP contribution < -0.4 is 0 Å². The third-order valence-electron chi connectivity index (χ3n) is 3.90. The highest BCUT2D eigenvalue weighted by Gasteiger charge is 2.69. The summed E-state index contributed by atoms with van der Waals surface area (Å²) in [5.74, 6) is -3.95. The van der Waals surface area contributed by atoms with Gasteiger partial charge in [0.1, 0.15) is 5.57 Å². The fourth-order valence-corrected chi connectivity index (χ4v) is 3.02. The molecule has 1 aliphatic rings. The van der Waals surface area contributed by atoms with Gasteiger partial charge in [0.05, 0.1) is 12.0 Å². The summed E-state index contributed by atoms with van der Waals surface area (Å²) in [6.45, 7) is 7.69. The number of ketones is 1. The lowest BCUT2D eigenvalue weighted by Gasteiger charge is -2.46. The van der Waals surface area contributed by atoms with Gasteiger partial charge in [-0.05, 0) is 19.4 Å². The van der Waals surface area contributed by atoms with E-state index in [0.717, 1.165) is 6.92 Å². The monoisotopic (exact) mass is 368 g/mol. The first-order valence-electron chi connectivity index (χ1n) is 7.96. The van der Waals surface area contributed by atoms with E-state index in [2.05, 4.69) is 6.58 Å². The molecule has 0 aliphatic heterocycles. The predicted octanol–water partition coefficient (Wildman–Crippen LogP) is 4.08. The molecule has 0 spiro atoms. The molecule has 0 saturated carbocycles. The lowest BCUT2D eigenvalue weighted by atomic mass is 9.66. The summed E-state index contributed by atoms with van der Waals surface area (Å²) in [5.41, 5.74) is -3.18. The Morgan fingerprint density at radius 2 is 1.81 bits per heavy atom. The van der Waals surface area contributed by atoms with Gasteiger partial charge in [0.25, 0.3) is 0 Å². The predicted molar refractivity (Wildman–Crippen MR) is 88.2 cm³/mol. The number of benzene rings is 1. The number of rotatable bonds is 6. The van der Waals surface area contributed by atoms with Crippen LogP contribution in [0.5, 0.6) is 0 Å². The average Bonchev–Trinajstić information content (AvgIpc) is 2.53. The minimum absolute atomic E-state index is 0.475. The van der Waals surface area contributed by atoms with Crippen molar-refractivity contribution in [3.05, 3.63) is 59.9 Å². The third-order valence-corrected chi connectivity index (χ3v) is 3.90. The Morgan fingerprint density at radius 3 is 2.23 bits per heavy atom. The van der Waals surface area contributed by atoms with Crippen LogP contribution in [-0.4, -0.2) is 29.6 Å². The van der Waals surface area contributed by atoms with Gasteiger partial charge >= 0.3 is 12.1 Å². The number of hydrogen-bond acceptors (Lipinski definition) is 4. The molecule has 0 N–H and O–H groups in total. The van der Waals surface area contributed by atoms with Gasteiger partial charge in [-0.25, -0.2) is 0 Å². The van der Waals surface area contributed by atoms with E-state index in [1.807, 2.05) is 0 Å². The number of hydrogen-bond donors (Lipinski definition) is 0. The normalized spacial score (nSPS) is 21.3. The fourth-order valence-electron chi connectivity index (χ4n) is 3.02. The van der Waals surface area contributed by atoms with E-state index < -0.39 is 46.9 Å². The van der Waals surface area contributed by atoms with Crippen molar-refractivity contribution in [1.29, 1.82) is 0 Å². The van der Waals surface area contributed by atoms with Crippen LogP contribution in [-0.2, 0) is 19.1 Å². The van der Waals surface area contributed by atoms with Crippen molar-refractivity contribution >= 4 is 11.8 Å². The molecule has 1 aliphatic carbocycles. The number of Topliss-reactive ketones (excluding diaryl/α,β-unsaturated/α-hetero) is 1. The van der Waals surface area contributed by atoms with Crippen LogP contribution in [0.2, 0.25) is 0 Å². The van der Waals surface area contributed by atoms with Crippen LogP contribution in [0.15, 0.2) is 54.3 Å². The summed E-state index contributed by atoms with van der Waals surface area (Å²) in [7, 11) is 0. The second kappa shape index (κ2) is 6.97. The lowest BCUT2D eigenvalue weighted by molar-refractivity contribution is -0.181. The van der Waals surface area contributed by atoms with E-state index in [9.17, 15) is 22.8 Å². The number of alkyl halides is 3. The molecule has 140 valence electrons. The molecule has 0 amide bonds. The van der Waals surface area contributed by atoms with Gasteiger partial charge in [0, 0.05) is 6.92 Å². The highest BCUT2D eigenvalue weighted by atomic mass is 19.4. The van der Waals surface area contributed by atoms with Crippen molar-refractivity contribution in [1.82, 2.24) is 0 Å². The average molecular weight is 368 g/mol. The van der Waals surface area contributed by atoms with E-state index >= 15 is 0 Å². The molecule has 0 fully saturated rings. The van der Waals surface area contributed by atoms with E-state index in [-0.39, 0.29) is 0 Å². The van der Waals surface area contributed by atoms with Crippen LogP contribution in [0.3, 0.4) is 0 Å². The SMILES string of the molecule is C=CC(c1ccccc1)C1(OC(C)=O)C(=O)C(C(F)(F)F)=C1OC(C)C. The lowest BCUT2D eigenvalue weighted by Crippen LogP contribution is -2.61. The number of esters is 1. The molecule has 2 rings (SSSR count). The number of ether oxygens (including phenoxy) is 2. The Hall–Kier alpha value is -2.57. The second-order valence-electron chi connectivity index (χ2n) is 6.15. The zero-order valence-corrected chi connectivity index (χ0v) is 14.6. The number of carbonyl (C=O) groups is 2. The van der Waals surface area contributed by atoms with Crippen molar-refractivity contribution in [3.8, 4) is 0 Å². The maximum atomic E-state index is 13.4. The summed E-state index contributed by atoms with van der Waals surface area (Å²) in [6.07, 6.45) is -4.30. The second-order valence-corrected chi connectivity index (χ2v) is 6.15. The van der Waals surface area contributed by atoms with Crippen LogP contribution in [0, 0.1) is 0 Å². The summed E-state index contributed by atoms with van der Waals surface area (Å²) in [5, 5.41) is 0. The third kappa shape index (κ3) is 3.25. The molecular weight excluding hydrogens is 349 g/mol. The van der Waals surface area contributed by atoms with Gasteiger partial charge in [-0.3, -0.25) is 9.59 Å². The van der Waals surface area contributed by atoms with Gasteiger partial charge < -0.3 is 9.47 Å². The Morgan fingerprint density at radius 1 is 1.23 bits per heavy atom. The van der Waals surface area contributed by atoms with Crippen molar-refractivity contribution < 1.29 is 32.2 Å². The first-order chi connectivity index (χ1) is 12.1. The Labute approximate surface area is 149 Å². The topological polar surface area (TPSA) is 52.6 Å². The smallest absolute Gasteiger partial charge is 0.423 e. The molecule has 1 aromatic rings. The zero-order valence-electron chi connectivity index (χ0n) is 14.6. The van der Waals surface area contributed by atoms with Gasteiger partial charge in [0.2, 0.25) is 11.4 Å². The maximum Gasteiger partial charge on any atom is 0.423 e. The molecule has 26 heavy (non-hydrogen) atoms. The van der Waals surface area contributed by atoms with Crippen molar-refractivity contribution in [2.24, 2.45) is 0 Å². The van der Waals surface area contributed by atoms with Gasteiger partial charge in [-0.2, -0.15) is 13.2 Å². The van der Waals surface area contributed by atoms with Gasteiger partial charge in [0.15, 0.2) is 5.76 Å². The quantitative estimate of drug-likeness (QED) is 0.561. The van der Waals surface area contributed by atoms with Crippen LogP contribution in [0.4, 0.5) is 13.2 Å². The summed E-state index contributed by atoms with van der Waals surface area (Å²) in [6, 6.07) is 8.27. The van der Waals surface area contributed by atoms with E-state index in [0.29, 0.717) is 5.56 Å². The molecule has 4 nitrogen and oxygen atoms in total. The van der Waals surface area contributed by atoms with E-state index in [1.165, 1.54) is 19.9 Å². The molecule has 1 aromatic carbocycles. The summed E-state index contributed by atoms with van der Waals surface area (Å²) in [4.78, 5) is 24.3. The molecule has 0 radical (unpaired) electrons. The standard InChI is InChI=1S/C19H19F3O4/c1-5-14(13-9-7-6-8-10-13)18(26-12(4)23)16(24)15(19(20,21)22)17(18)25-11(2)3/h5-11,14H,1H2,2-4H3. The zero-order chi connectivity index (χ0) is 19.7. The van der Waals surface area contributed by atoms with Gasteiger partial charge in [-0.15, -0.1) is 6.58 Å². The molecule has 0 aromatic heterocycles. The number of halogens is 3. The highest BCUT2D eigenvalue weighted by Crippen LogP contribution is 2.53. The van der Waals surface area contributed by atoms with Crippen molar-refractivity contribution in [3.63, 3.8) is 0 Å². The Balaban J connectivity index is 2.73.